The Kier molecular flexibility index (Phi) is 6.24. The third-order valence-electron chi connectivity index (χ3n) is 6.65. The maximum absolute atomic E-state index is 12.8. The number of amides is 2. The van der Waals surface area contributed by atoms with Crippen molar-refractivity contribution in [2.45, 2.75) is 71.1 Å². The highest BCUT2D eigenvalue weighted by molar-refractivity contribution is 5.80. The number of carbonyl (C=O) groups is 2. The van der Waals surface area contributed by atoms with Gasteiger partial charge in [-0.15, -0.1) is 0 Å². The van der Waals surface area contributed by atoms with Crippen LogP contribution in [0.15, 0.2) is 10.7 Å². The molecule has 0 aromatic carbocycles. The van der Waals surface area contributed by atoms with Gasteiger partial charge in [-0.05, 0) is 37.5 Å². The number of ether oxygens (including phenoxy) is 1. The van der Waals surface area contributed by atoms with Gasteiger partial charge in [-0.3, -0.25) is 4.79 Å². The second-order valence-electron chi connectivity index (χ2n) is 9.73. The van der Waals surface area contributed by atoms with E-state index in [-0.39, 0.29) is 17.2 Å². The first-order valence-electron chi connectivity index (χ1n) is 10.7. The van der Waals surface area contributed by atoms with Crippen molar-refractivity contribution in [2.24, 2.45) is 11.3 Å². The third-order valence-corrected chi connectivity index (χ3v) is 6.65. The van der Waals surface area contributed by atoms with Gasteiger partial charge >= 0.3 is 6.09 Å². The molecule has 1 N–H and O–H groups in total. The van der Waals surface area contributed by atoms with Crippen LogP contribution in [0.1, 0.15) is 77.3 Å². The van der Waals surface area contributed by atoms with E-state index in [9.17, 15) is 9.59 Å². The highest BCUT2D eigenvalue weighted by atomic mass is 16.5. The van der Waals surface area contributed by atoms with Crippen LogP contribution in [0, 0.1) is 11.3 Å². The Hall–Kier alpha value is -2.05. The summed E-state index contributed by atoms with van der Waals surface area (Å²) >= 11 is 0. The van der Waals surface area contributed by atoms with Crippen molar-refractivity contribution in [3.05, 3.63) is 17.8 Å². The Morgan fingerprint density at radius 2 is 2.00 bits per heavy atom. The maximum atomic E-state index is 12.8. The first kappa shape index (κ1) is 21.7. The van der Waals surface area contributed by atoms with E-state index >= 15 is 0 Å². The molecule has 0 radical (unpaired) electrons. The predicted molar refractivity (Wildman–Crippen MR) is 110 cm³/mol. The van der Waals surface area contributed by atoms with Crippen LogP contribution >= 0.6 is 0 Å². The topological polar surface area (TPSA) is 84.7 Å². The van der Waals surface area contributed by atoms with Gasteiger partial charge in [0.2, 0.25) is 5.91 Å². The highest BCUT2D eigenvalue weighted by Crippen LogP contribution is 2.56. The quantitative estimate of drug-likeness (QED) is 0.804. The molecule has 1 unspecified atom stereocenters. The molecule has 29 heavy (non-hydrogen) atoms. The number of hydrogen-bond donors (Lipinski definition) is 1. The number of carbonyl (C=O) groups excluding carboxylic acids is 2. The van der Waals surface area contributed by atoms with Gasteiger partial charge in [-0.2, -0.15) is 0 Å². The normalized spacial score (nSPS) is 20.2. The van der Waals surface area contributed by atoms with Crippen LogP contribution < -0.4 is 5.32 Å². The minimum absolute atomic E-state index is 0.00737. The van der Waals surface area contributed by atoms with Crippen molar-refractivity contribution in [1.29, 1.82) is 0 Å². The van der Waals surface area contributed by atoms with E-state index in [0.717, 1.165) is 50.4 Å². The number of hydrogen-bond acceptors (Lipinski definition) is 5. The highest BCUT2D eigenvalue weighted by Gasteiger charge is 2.48. The summed E-state index contributed by atoms with van der Waals surface area (Å²) in [7, 11) is 1.33. The molecule has 2 fully saturated rings. The Balaban J connectivity index is 1.49. The molecule has 2 amide bonds. The number of nitrogens with zero attached hydrogens (tertiary/aromatic N) is 2. The average Bonchev–Trinajstić information content (AvgIpc) is 3.16. The van der Waals surface area contributed by atoms with E-state index in [4.69, 9.17) is 9.40 Å². The first-order chi connectivity index (χ1) is 13.7. The zero-order valence-electron chi connectivity index (χ0n) is 18.4. The summed E-state index contributed by atoms with van der Waals surface area (Å²) in [6.45, 7) is 10.3. The second kappa shape index (κ2) is 8.36. The number of methoxy groups -OCH3 is 1. The zero-order chi connectivity index (χ0) is 21.2. The molecule has 1 aromatic rings. The van der Waals surface area contributed by atoms with Gasteiger partial charge in [0, 0.05) is 31.0 Å². The van der Waals surface area contributed by atoms with Crippen LogP contribution in [0.4, 0.5) is 4.79 Å². The molecule has 162 valence electrons. The lowest BCUT2D eigenvalue weighted by atomic mass is 9.57. The summed E-state index contributed by atoms with van der Waals surface area (Å²) in [5.41, 5.74) is 1.34. The summed E-state index contributed by atoms with van der Waals surface area (Å²) < 4.78 is 10.4. The van der Waals surface area contributed by atoms with E-state index in [1.54, 1.807) is 6.26 Å². The summed E-state index contributed by atoms with van der Waals surface area (Å²) in [5, 5.41) is 2.65. The van der Waals surface area contributed by atoms with Crippen molar-refractivity contribution >= 4 is 12.0 Å². The van der Waals surface area contributed by atoms with E-state index in [0.29, 0.717) is 24.3 Å². The van der Waals surface area contributed by atoms with Crippen molar-refractivity contribution in [1.82, 2.24) is 15.2 Å². The molecular formula is C22H35N3O4. The Bertz CT molecular complexity index is 721. The number of rotatable bonds is 5. The summed E-state index contributed by atoms with van der Waals surface area (Å²) in [5.74, 6) is 1.22. The largest absolute Gasteiger partial charge is 0.453 e. The number of piperidine rings is 1. The molecule has 2 heterocycles. The van der Waals surface area contributed by atoms with Crippen molar-refractivity contribution < 1.29 is 18.7 Å². The molecule has 1 aromatic heterocycles. The molecule has 1 atom stereocenters. The van der Waals surface area contributed by atoms with Gasteiger partial charge in [-0.25, -0.2) is 9.78 Å². The molecular weight excluding hydrogens is 370 g/mol. The minimum Gasteiger partial charge on any atom is -0.453 e. The minimum atomic E-state index is -0.490. The lowest BCUT2D eigenvalue weighted by Crippen LogP contribution is -2.50. The molecule has 3 rings (SSSR count). The van der Waals surface area contributed by atoms with Gasteiger partial charge in [-0.1, -0.05) is 27.7 Å². The smallest absolute Gasteiger partial charge is 0.406 e. The SMILES string of the molecule is CCC(CNC(=O)OC)C(=O)N1CCC2(CC1)CC(c1nc(C(C)(C)C)co1)C2. The summed E-state index contributed by atoms with van der Waals surface area (Å²) in [6, 6.07) is 0. The van der Waals surface area contributed by atoms with Gasteiger partial charge in [0.15, 0.2) is 5.89 Å². The number of aromatic nitrogens is 1. The van der Waals surface area contributed by atoms with Crippen molar-refractivity contribution in [2.75, 3.05) is 26.7 Å². The molecule has 0 bridgehead atoms. The monoisotopic (exact) mass is 405 g/mol. The standard InChI is InChI=1S/C22H35N3O4/c1-6-15(13-23-20(27)28-5)19(26)25-9-7-22(8-10-25)11-16(12-22)18-24-17(14-29-18)21(2,3)4/h14-16H,6-13H2,1-5H3,(H,23,27). The number of likely N-dealkylation sites (tertiary alicyclic amines) is 1. The number of oxazole rings is 1. The number of nitrogens with one attached hydrogen (secondary N) is 1. The van der Waals surface area contributed by atoms with Gasteiger partial charge < -0.3 is 19.4 Å². The average molecular weight is 406 g/mol. The fourth-order valence-corrected chi connectivity index (χ4v) is 4.53. The lowest BCUT2D eigenvalue weighted by Gasteiger charge is -2.51. The van der Waals surface area contributed by atoms with E-state index in [1.165, 1.54) is 7.11 Å². The van der Waals surface area contributed by atoms with Crippen LogP contribution in [0.5, 0.6) is 0 Å². The predicted octanol–water partition coefficient (Wildman–Crippen LogP) is 3.84. The lowest BCUT2D eigenvalue weighted by molar-refractivity contribution is -0.139. The molecule has 1 saturated carbocycles. The Morgan fingerprint density at radius 3 is 2.52 bits per heavy atom. The van der Waals surface area contributed by atoms with Crippen molar-refractivity contribution in [3.8, 4) is 0 Å². The third kappa shape index (κ3) is 4.75. The molecule has 7 nitrogen and oxygen atoms in total. The number of alkyl carbamates (subject to hydrolysis) is 1. The molecule has 2 aliphatic rings. The summed E-state index contributed by atoms with van der Waals surface area (Å²) in [4.78, 5) is 30.8. The molecule has 1 saturated heterocycles. The van der Waals surface area contributed by atoms with Crippen LogP contribution in [-0.4, -0.2) is 48.6 Å². The van der Waals surface area contributed by atoms with Gasteiger partial charge in [0.05, 0.1) is 18.7 Å². The van der Waals surface area contributed by atoms with Crippen LogP contribution in [0.25, 0.3) is 0 Å². The van der Waals surface area contributed by atoms with E-state index < -0.39 is 6.09 Å². The van der Waals surface area contributed by atoms with E-state index in [2.05, 4.69) is 30.8 Å². The van der Waals surface area contributed by atoms with Gasteiger partial charge in [0.1, 0.15) is 6.26 Å². The van der Waals surface area contributed by atoms with Gasteiger partial charge in [0.25, 0.3) is 0 Å². The first-order valence-corrected chi connectivity index (χ1v) is 10.7. The zero-order valence-corrected chi connectivity index (χ0v) is 18.4. The molecule has 1 aliphatic heterocycles. The Labute approximate surface area is 173 Å². The van der Waals surface area contributed by atoms with Crippen LogP contribution in [0.2, 0.25) is 0 Å². The molecule has 1 aliphatic carbocycles. The second-order valence-corrected chi connectivity index (χ2v) is 9.73. The van der Waals surface area contributed by atoms with E-state index in [1.807, 2.05) is 11.8 Å². The summed E-state index contributed by atoms with van der Waals surface area (Å²) in [6.07, 6.45) is 6.27. The van der Waals surface area contributed by atoms with Crippen LogP contribution in [-0.2, 0) is 14.9 Å². The Morgan fingerprint density at radius 1 is 1.34 bits per heavy atom. The molecule has 1 spiro atoms. The van der Waals surface area contributed by atoms with Crippen LogP contribution in [0.3, 0.4) is 0 Å². The fourth-order valence-electron chi connectivity index (χ4n) is 4.53. The molecule has 7 heteroatoms. The van der Waals surface area contributed by atoms with Crippen molar-refractivity contribution in [3.63, 3.8) is 0 Å². The fraction of sp³-hybridized carbons (Fsp3) is 0.773. The maximum Gasteiger partial charge on any atom is 0.406 e.